The van der Waals surface area contributed by atoms with E-state index in [1.165, 1.54) is 0 Å². The number of aliphatic hydroxyl groups is 1. The normalized spacial score (nSPS) is 27.9. The van der Waals surface area contributed by atoms with Crippen LogP contribution >= 0.6 is 0 Å². The molecule has 5 atom stereocenters. The van der Waals surface area contributed by atoms with Gasteiger partial charge < -0.3 is 24.1 Å². The second-order valence-corrected chi connectivity index (χ2v) is 10.6. The fourth-order valence-corrected chi connectivity index (χ4v) is 2.27. The van der Waals surface area contributed by atoms with Crippen LogP contribution in [0.3, 0.4) is 0 Å². The van der Waals surface area contributed by atoms with Crippen LogP contribution in [-0.2, 0) is 33.3 Å². The van der Waals surface area contributed by atoms with Crippen molar-refractivity contribution in [2.75, 3.05) is 6.61 Å². The molecule has 30 heavy (non-hydrogen) atoms. The predicted molar refractivity (Wildman–Crippen MR) is 105 cm³/mol. The van der Waals surface area contributed by atoms with Gasteiger partial charge in [-0.25, -0.2) is 4.39 Å². The minimum atomic E-state index is -2.16. The van der Waals surface area contributed by atoms with Gasteiger partial charge in [0.2, 0.25) is 0 Å². The summed E-state index contributed by atoms with van der Waals surface area (Å²) < 4.78 is 36.0. The zero-order chi connectivity index (χ0) is 23.7. The van der Waals surface area contributed by atoms with E-state index >= 15 is 0 Å². The molecule has 0 unspecified atom stereocenters. The monoisotopic (exact) mass is 434 g/mol. The maximum atomic E-state index is 14.8. The highest BCUT2D eigenvalue weighted by Gasteiger charge is 2.52. The molecule has 1 saturated heterocycles. The lowest BCUT2D eigenvalue weighted by atomic mass is 9.94. The molecule has 174 valence electrons. The molecule has 1 N–H and O–H groups in total. The lowest BCUT2D eigenvalue weighted by molar-refractivity contribution is -0.283. The first-order valence-corrected chi connectivity index (χ1v) is 9.92. The van der Waals surface area contributed by atoms with Crippen molar-refractivity contribution in [3.63, 3.8) is 0 Å². The lowest BCUT2D eigenvalue weighted by Gasteiger charge is -2.42. The summed E-state index contributed by atoms with van der Waals surface area (Å²) in [6.45, 7) is 14.1. The van der Waals surface area contributed by atoms with E-state index in [9.17, 15) is 23.9 Å². The largest absolute Gasteiger partial charge is 0.462 e. The van der Waals surface area contributed by atoms with Gasteiger partial charge in [-0.2, -0.15) is 0 Å². The highest BCUT2D eigenvalue weighted by molar-refractivity contribution is 5.77. The van der Waals surface area contributed by atoms with E-state index in [0.717, 1.165) is 0 Å². The highest BCUT2D eigenvalue weighted by Crippen LogP contribution is 2.31. The van der Waals surface area contributed by atoms with Gasteiger partial charge in [0.1, 0.15) is 12.7 Å². The van der Waals surface area contributed by atoms with Gasteiger partial charge in [-0.1, -0.05) is 0 Å². The van der Waals surface area contributed by atoms with Crippen LogP contribution in [0.5, 0.6) is 0 Å². The fourth-order valence-electron chi connectivity index (χ4n) is 2.27. The van der Waals surface area contributed by atoms with Crippen LogP contribution in [-0.4, -0.2) is 60.4 Å². The molecule has 1 rings (SSSR count). The molecule has 0 aromatic carbocycles. The van der Waals surface area contributed by atoms with Crippen LogP contribution in [0.4, 0.5) is 4.39 Å². The Morgan fingerprint density at radius 3 is 1.60 bits per heavy atom. The Labute approximate surface area is 177 Å². The SMILES string of the molecule is CC(C)(C)C(=O)OC[C@H]1O[C@H](O)[C@H](F)[C@@H](OC(=O)C(C)(C)C)[C@@H]1OC(=O)C(C)(C)C. The average molecular weight is 435 g/mol. The number of esters is 3. The van der Waals surface area contributed by atoms with Crippen molar-refractivity contribution >= 4 is 17.9 Å². The van der Waals surface area contributed by atoms with Crippen molar-refractivity contribution in [1.29, 1.82) is 0 Å². The molecular formula is C21H35FO8. The fraction of sp³-hybridized carbons (Fsp3) is 0.857. The summed E-state index contributed by atoms with van der Waals surface area (Å²) in [5, 5.41) is 10.0. The number of rotatable bonds is 4. The Morgan fingerprint density at radius 1 is 0.800 bits per heavy atom. The number of halogens is 1. The molecule has 0 spiro atoms. The van der Waals surface area contributed by atoms with Gasteiger partial charge in [0.15, 0.2) is 24.7 Å². The van der Waals surface area contributed by atoms with Gasteiger partial charge in [0, 0.05) is 0 Å². The molecule has 1 fully saturated rings. The third-order valence-corrected chi connectivity index (χ3v) is 4.29. The Morgan fingerprint density at radius 2 is 1.20 bits per heavy atom. The Hall–Kier alpha value is -1.74. The van der Waals surface area contributed by atoms with Crippen LogP contribution in [0.15, 0.2) is 0 Å². The van der Waals surface area contributed by atoms with Gasteiger partial charge in [-0.15, -0.1) is 0 Å². The van der Waals surface area contributed by atoms with Crippen LogP contribution < -0.4 is 0 Å². The van der Waals surface area contributed by atoms with E-state index < -0.39 is 71.5 Å². The highest BCUT2D eigenvalue weighted by atomic mass is 19.1. The second kappa shape index (κ2) is 9.18. The predicted octanol–water partition coefficient (Wildman–Crippen LogP) is 2.55. The zero-order valence-corrected chi connectivity index (χ0v) is 19.3. The van der Waals surface area contributed by atoms with Crippen molar-refractivity contribution in [2.24, 2.45) is 16.2 Å². The van der Waals surface area contributed by atoms with Crippen molar-refractivity contribution < 1.29 is 42.8 Å². The summed E-state index contributed by atoms with van der Waals surface area (Å²) in [7, 11) is 0. The second-order valence-electron chi connectivity index (χ2n) is 10.6. The van der Waals surface area contributed by atoms with Crippen LogP contribution in [0, 0.1) is 16.2 Å². The standard InChI is InChI=1S/C21H35FO8/c1-19(2,3)16(24)27-10-11-13(29-17(25)20(4,5)6)14(12(22)15(23)28-11)30-18(26)21(7,8)9/h11-15,23H,10H2,1-9H3/t11-,12-,13-,14-,15+/m1/s1. The van der Waals surface area contributed by atoms with Crippen molar-refractivity contribution in [3.8, 4) is 0 Å². The smallest absolute Gasteiger partial charge is 0.311 e. The summed E-state index contributed by atoms with van der Waals surface area (Å²) in [6, 6.07) is 0. The molecule has 0 radical (unpaired) electrons. The first kappa shape index (κ1) is 26.3. The Balaban J connectivity index is 3.20. The zero-order valence-electron chi connectivity index (χ0n) is 19.3. The molecular weight excluding hydrogens is 399 g/mol. The summed E-state index contributed by atoms with van der Waals surface area (Å²) in [5.74, 6) is -2.00. The first-order valence-electron chi connectivity index (χ1n) is 9.92. The van der Waals surface area contributed by atoms with Gasteiger partial charge >= 0.3 is 17.9 Å². The third kappa shape index (κ3) is 6.91. The molecule has 0 saturated carbocycles. The van der Waals surface area contributed by atoms with E-state index in [1.807, 2.05) is 0 Å². The van der Waals surface area contributed by atoms with E-state index in [1.54, 1.807) is 62.3 Å². The number of hydrogen-bond acceptors (Lipinski definition) is 8. The van der Waals surface area contributed by atoms with Crippen molar-refractivity contribution in [1.82, 2.24) is 0 Å². The van der Waals surface area contributed by atoms with E-state index in [-0.39, 0.29) is 0 Å². The lowest BCUT2D eigenvalue weighted by Crippen LogP contribution is -2.61. The van der Waals surface area contributed by atoms with Gasteiger partial charge in [-0.3, -0.25) is 14.4 Å². The van der Waals surface area contributed by atoms with Gasteiger partial charge in [0.25, 0.3) is 0 Å². The number of carbonyl (C=O) groups excluding carboxylic acids is 3. The molecule has 0 amide bonds. The van der Waals surface area contributed by atoms with Crippen LogP contribution in [0.1, 0.15) is 62.3 Å². The number of alkyl halides is 1. The van der Waals surface area contributed by atoms with Gasteiger partial charge in [0.05, 0.1) is 16.2 Å². The van der Waals surface area contributed by atoms with Crippen molar-refractivity contribution in [2.45, 2.75) is 93.1 Å². The van der Waals surface area contributed by atoms with E-state index in [0.29, 0.717) is 0 Å². The minimum absolute atomic E-state index is 0.425. The van der Waals surface area contributed by atoms with Crippen LogP contribution in [0.2, 0.25) is 0 Å². The minimum Gasteiger partial charge on any atom is -0.462 e. The number of ether oxygens (including phenoxy) is 4. The summed E-state index contributed by atoms with van der Waals surface area (Å²) >= 11 is 0. The van der Waals surface area contributed by atoms with Crippen LogP contribution in [0.25, 0.3) is 0 Å². The molecule has 0 bridgehead atoms. The molecule has 0 aliphatic carbocycles. The molecule has 1 aliphatic heterocycles. The average Bonchev–Trinajstić information content (AvgIpc) is 2.56. The third-order valence-electron chi connectivity index (χ3n) is 4.29. The summed E-state index contributed by atoms with van der Waals surface area (Å²) in [5.41, 5.74) is -2.71. The number of hydrogen-bond donors (Lipinski definition) is 1. The number of carbonyl (C=O) groups is 3. The molecule has 8 nitrogen and oxygen atoms in total. The summed E-state index contributed by atoms with van der Waals surface area (Å²) in [6.07, 6.45) is -8.41. The summed E-state index contributed by atoms with van der Waals surface area (Å²) in [4.78, 5) is 37.0. The first-order chi connectivity index (χ1) is 13.4. The Bertz CT molecular complexity index is 641. The molecule has 0 aromatic heterocycles. The van der Waals surface area contributed by atoms with Crippen molar-refractivity contribution in [3.05, 3.63) is 0 Å². The molecule has 9 heteroatoms. The number of aliphatic hydroxyl groups excluding tert-OH is 1. The van der Waals surface area contributed by atoms with E-state index in [4.69, 9.17) is 18.9 Å². The maximum Gasteiger partial charge on any atom is 0.311 e. The quantitative estimate of drug-likeness (QED) is 0.531. The van der Waals surface area contributed by atoms with Gasteiger partial charge in [-0.05, 0) is 62.3 Å². The topological polar surface area (TPSA) is 108 Å². The van der Waals surface area contributed by atoms with E-state index in [2.05, 4.69) is 0 Å². The molecule has 1 aliphatic rings. The Kier molecular flexibility index (Phi) is 8.04. The molecule has 0 aromatic rings. The molecule has 1 heterocycles. The maximum absolute atomic E-state index is 14.8.